The molecule has 276 valence electrons. The minimum absolute atomic E-state index is 0.535. The smallest absolute Gasteiger partial charge is 0.238 e. The highest BCUT2D eigenvalue weighted by atomic mass is 16.3. The van der Waals surface area contributed by atoms with Gasteiger partial charge >= 0.3 is 0 Å². The van der Waals surface area contributed by atoms with Gasteiger partial charge in [0, 0.05) is 38.2 Å². The summed E-state index contributed by atoms with van der Waals surface area (Å²) in [5.74, 6) is 2.30. The highest BCUT2D eigenvalue weighted by Crippen LogP contribution is 2.43. The first kappa shape index (κ1) is 33.0. The summed E-state index contributed by atoms with van der Waals surface area (Å²) in [7, 11) is 0. The van der Waals surface area contributed by atoms with Gasteiger partial charge in [0.05, 0.1) is 27.8 Å². The Balaban J connectivity index is 1.15. The molecule has 12 aromatic rings. The first-order valence-corrected chi connectivity index (χ1v) is 19.7. The maximum Gasteiger partial charge on any atom is 0.238 e. The number of hydrogen-bond acceptors (Lipinski definition) is 5. The summed E-state index contributed by atoms with van der Waals surface area (Å²) < 4.78 is 11.3. The lowest BCUT2D eigenvalue weighted by molar-refractivity contribution is 0.618. The van der Waals surface area contributed by atoms with Crippen LogP contribution < -0.4 is 0 Å². The van der Waals surface area contributed by atoms with Gasteiger partial charge < -0.3 is 8.98 Å². The van der Waals surface area contributed by atoms with Crippen molar-refractivity contribution < 1.29 is 4.42 Å². The van der Waals surface area contributed by atoms with Crippen LogP contribution in [0.5, 0.6) is 0 Å². The van der Waals surface area contributed by atoms with Gasteiger partial charge in [-0.1, -0.05) is 158 Å². The van der Waals surface area contributed by atoms with Crippen LogP contribution in [0.4, 0.5) is 0 Å². The normalized spacial score (nSPS) is 11.7. The predicted octanol–water partition coefficient (Wildman–Crippen LogP) is 12.9. The number of fused-ring (bicyclic) bond motifs is 8. The molecule has 0 unspecified atom stereocenters. The SMILES string of the molecule is c1ccc(-c2ccc(-c3nc4cccc(-n5c6ccccc6c6ccc7c8ccccc8n(-c8nc(-c9ccccc9)nc(-c9ccccc9)n8)c7c65)c4o3)cc2)cc1. The Morgan fingerprint density at radius 2 is 0.831 bits per heavy atom. The molecule has 0 saturated heterocycles. The molecule has 4 heterocycles. The third-order valence-corrected chi connectivity index (χ3v) is 11.2. The molecule has 0 spiro atoms. The Morgan fingerprint density at radius 1 is 0.339 bits per heavy atom. The van der Waals surface area contributed by atoms with Gasteiger partial charge in [0.2, 0.25) is 11.8 Å². The van der Waals surface area contributed by atoms with Crippen molar-refractivity contribution in [1.82, 2.24) is 29.1 Å². The van der Waals surface area contributed by atoms with E-state index in [4.69, 9.17) is 24.4 Å². The van der Waals surface area contributed by atoms with Gasteiger partial charge in [0.15, 0.2) is 17.2 Å². The lowest BCUT2D eigenvalue weighted by Gasteiger charge is -2.13. The number of oxazole rings is 1. The van der Waals surface area contributed by atoms with Crippen molar-refractivity contribution >= 4 is 54.7 Å². The van der Waals surface area contributed by atoms with E-state index in [0.29, 0.717) is 29.1 Å². The molecule has 7 nitrogen and oxygen atoms in total. The number of nitrogens with zero attached hydrogens (tertiary/aromatic N) is 6. The molecule has 8 aromatic carbocycles. The van der Waals surface area contributed by atoms with Gasteiger partial charge in [0.25, 0.3) is 0 Å². The van der Waals surface area contributed by atoms with Gasteiger partial charge in [-0.2, -0.15) is 9.97 Å². The van der Waals surface area contributed by atoms with E-state index in [1.54, 1.807) is 0 Å². The van der Waals surface area contributed by atoms with Crippen LogP contribution in [0.3, 0.4) is 0 Å². The molecular formula is C52H32N6O. The van der Waals surface area contributed by atoms with Gasteiger partial charge in [0.1, 0.15) is 5.52 Å². The fourth-order valence-electron chi connectivity index (χ4n) is 8.53. The zero-order valence-corrected chi connectivity index (χ0v) is 31.6. The summed E-state index contributed by atoms with van der Waals surface area (Å²) in [4.78, 5) is 20.6. The summed E-state index contributed by atoms with van der Waals surface area (Å²) in [6, 6.07) is 66.7. The summed E-state index contributed by atoms with van der Waals surface area (Å²) in [6.45, 7) is 0. The second kappa shape index (κ2) is 13.2. The summed E-state index contributed by atoms with van der Waals surface area (Å²) in [5, 5.41) is 4.42. The Hall–Kier alpha value is -8.16. The topological polar surface area (TPSA) is 74.6 Å². The Labute approximate surface area is 338 Å². The second-order valence-electron chi connectivity index (χ2n) is 14.7. The molecule has 0 amide bonds. The van der Waals surface area contributed by atoms with Gasteiger partial charge in [-0.05, 0) is 47.5 Å². The van der Waals surface area contributed by atoms with Crippen molar-refractivity contribution in [1.29, 1.82) is 0 Å². The van der Waals surface area contributed by atoms with Crippen LogP contribution in [0.1, 0.15) is 0 Å². The number of para-hydroxylation sites is 3. The number of benzene rings is 8. The maximum atomic E-state index is 6.80. The van der Waals surface area contributed by atoms with Crippen LogP contribution in [0.25, 0.3) is 112 Å². The van der Waals surface area contributed by atoms with E-state index in [1.807, 2.05) is 72.8 Å². The molecule has 0 aliphatic rings. The fraction of sp³-hybridized carbons (Fsp3) is 0. The molecule has 59 heavy (non-hydrogen) atoms. The second-order valence-corrected chi connectivity index (χ2v) is 14.7. The molecular weight excluding hydrogens is 725 g/mol. The average molecular weight is 757 g/mol. The van der Waals surface area contributed by atoms with Crippen LogP contribution in [-0.4, -0.2) is 29.1 Å². The van der Waals surface area contributed by atoms with Crippen LogP contribution in [-0.2, 0) is 0 Å². The third kappa shape index (κ3) is 5.29. The van der Waals surface area contributed by atoms with Crippen molar-refractivity contribution in [3.8, 4) is 57.0 Å². The number of aromatic nitrogens is 6. The lowest BCUT2D eigenvalue weighted by atomic mass is 10.0. The van der Waals surface area contributed by atoms with Crippen LogP contribution in [0, 0.1) is 0 Å². The predicted molar refractivity (Wildman–Crippen MR) is 238 cm³/mol. The highest BCUT2D eigenvalue weighted by Gasteiger charge is 2.25. The minimum atomic E-state index is 0.535. The van der Waals surface area contributed by atoms with E-state index in [0.717, 1.165) is 77.1 Å². The van der Waals surface area contributed by atoms with Crippen molar-refractivity contribution in [2.24, 2.45) is 0 Å². The van der Waals surface area contributed by atoms with Crippen LogP contribution >= 0.6 is 0 Å². The highest BCUT2D eigenvalue weighted by molar-refractivity contribution is 6.24. The maximum absolute atomic E-state index is 6.80. The van der Waals surface area contributed by atoms with Gasteiger partial charge in [-0.3, -0.25) is 4.57 Å². The average Bonchev–Trinajstić information content (AvgIpc) is 4.01. The number of hydrogen-bond donors (Lipinski definition) is 0. The molecule has 0 aliphatic carbocycles. The summed E-state index contributed by atoms with van der Waals surface area (Å²) >= 11 is 0. The Morgan fingerprint density at radius 3 is 1.44 bits per heavy atom. The first-order valence-electron chi connectivity index (χ1n) is 19.7. The Bertz CT molecular complexity index is 3480. The zero-order chi connectivity index (χ0) is 38.9. The van der Waals surface area contributed by atoms with E-state index >= 15 is 0 Å². The molecule has 0 radical (unpaired) electrons. The molecule has 0 atom stereocenters. The van der Waals surface area contributed by atoms with Crippen molar-refractivity contribution in [3.05, 3.63) is 194 Å². The standard InChI is InChI=1S/C52H32N6O/c1-4-15-33(16-5-1)34-27-29-37(30-28-34)51-53-42-23-14-26-45(48(42)59-51)57-43-24-12-10-21-38(43)40-31-32-41-39-22-11-13-25-44(39)58(47(41)46(40)57)52-55-49(35-17-6-2-7-18-35)54-50(56-52)36-19-8-3-9-20-36/h1-32H. The first-order chi connectivity index (χ1) is 29.3. The molecule has 12 rings (SSSR count). The number of rotatable bonds is 6. The van der Waals surface area contributed by atoms with Gasteiger partial charge in [-0.25, -0.2) is 9.97 Å². The molecule has 7 heteroatoms. The summed E-state index contributed by atoms with van der Waals surface area (Å²) in [5.41, 5.74) is 11.5. The van der Waals surface area contributed by atoms with Crippen molar-refractivity contribution in [3.63, 3.8) is 0 Å². The van der Waals surface area contributed by atoms with Gasteiger partial charge in [-0.15, -0.1) is 0 Å². The van der Waals surface area contributed by atoms with E-state index in [9.17, 15) is 0 Å². The molecule has 0 N–H and O–H groups in total. The third-order valence-electron chi connectivity index (χ3n) is 11.2. The molecule has 0 fully saturated rings. The Kier molecular flexibility index (Phi) is 7.40. The lowest BCUT2D eigenvalue weighted by Crippen LogP contribution is -2.07. The molecule has 0 bridgehead atoms. The minimum Gasteiger partial charge on any atom is -0.434 e. The monoisotopic (exact) mass is 756 g/mol. The van der Waals surface area contributed by atoms with Crippen molar-refractivity contribution in [2.75, 3.05) is 0 Å². The quantitative estimate of drug-likeness (QED) is 0.169. The van der Waals surface area contributed by atoms with E-state index < -0.39 is 0 Å². The molecule has 4 aromatic heterocycles. The van der Waals surface area contributed by atoms with Crippen LogP contribution in [0.2, 0.25) is 0 Å². The molecule has 0 saturated carbocycles. The van der Waals surface area contributed by atoms with Crippen LogP contribution in [0.15, 0.2) is 199 Å². The summed E-state index contributed by atoms with van der Waals surface area (Å²) in [6.07, 6.45) is 0. The van der Waals surface area contributed by atoms with E-state index in [-0.39, 0.29) is 0 Å². The molecule has 0 aliphatic heterocycles. The fourth-order valence-corrected chi connectivity index (χ4v) is 8.53. The van der Waals surface area contributed by atoms with E-state index in [1.165, 1.54) is 5.56 Å². The largest absolute Gasteiger partial charge is 0.434 e. The van der Waals surface area contributed by atoms with Crippen molar-refractivity contribution in [2.45, 2.75) is 0 Å². The zero-order valence-electron chi connectivity index (χ0n) is 31.6. The van der Waals surface area contributed by atoms with E-state index in [2.05, 4.69) is 130 Å².